The number of aromatic nitrogens is 3. The van der Waals surface area contributed by atoms with Gasteiger partial charge in [0.15, 0.2) is 17.5 Å². The third-order valence-electron chi connectivity index (χ3n) is 6.36. The summed E-state index contributed by atoms with van der Waals surface area (Å²) in [4.78, 5) is 14.8. The number of fused-ring (bicyclic) bond motifs is 4. The summed E-state index contributed by atoms with van der Waals surface area (Å²) >= 11 is 5.39. The van der Waals surface area contributed by atoms with Gasteiger partial charge in [-0.2, -0.15) is 0 Å². The highest BCUT2D eigenvalue weighted by Gasteiger charge is 2.14. The van der Waals surface area contributed by atoms with Crippen LogP contribution in [-0.4, -0.2) is 15.0 Å². The molecule has 0 spiro atoms. The minimum absolute atomic E-state index is 0.664. The maximum Gasteiger partial charge on any atom is 0.164 e. The molecule has 0 atom stereocenters. The zero-order valence-corrected chi connectivity index (χ0v) is 21.4. The Morgan fingerprint density at radius 3 is 1.94 bits per heavy atom. The summed E-state index contributed by atoms with van der Waals surface area (Å²) < 4.78 is 3.56. The van der Waals surface area contributed by atoms with E-state index in [0.717, 1.165) is 26.5 Å². The van der Waals surface area contributed by atoms with E-state index in [9.17, 15) is 0 Å². The second-order valence-electron chi connectivity index (χ2n) is 8.69. The van der Waals surface area contributed by atoms with Gasteiger partial charge in [-0.3, -0.25) is 0 Å². The summed E-state index contributed by atoms with van der Waals surface area (Å²) in [5.74, 6) is 2.01. The third kappa shape index (κ3) is 3.77. The van der Waals surface area contributed by atoms with Crippen LogP contribution >= 0.6 is 27.3 Å². The first-order valence-corrected chi connectivity index (χ1v) is 13.3. The van der Waals surface area contributed by atoms with Gasteiger partial charge >= 0.3 is 0 Å². The van der Waals surface area contributed by atoms with E-state index >= 15 is 0 Å². The maximum absolute atomic E-state index is 4.96. The van der Waals surface area contributed by atoms with Gasteiger partial charge in [0, 0.05) is 41.3 Å². The van der Waals surface area contributed by atoms with Crippen LogP contribution in [0.2, 0.25) is 0 Å². The number of hydrogen-bond donors (Lipinski definition) is 0. The summed E-state index contributed by atoms with van der Waals surface area (Å²) in [6.45, 7) is 0. The maximum atomic E-state index is 4.96. The molecule has 0 amide bonds. The van der Waals surface area contributed by atoms with Crippen LogP contribution in [0.3, 0.4) is 0 Å². The standard InChI is InChI=1S/C31H18BrN3S/c32-24-14-12-19-10-11-21(16-23(19)17-24)30-33-29(20-6-2-1-3-7-20)34-31(35-30)22-13-15-26-25-8-4-5-9-27(25)36-28(26)18-22/h1-18H. The van der Waals surface area contributed by atoms with E-state index in [0.29, 0.717) is 17.5 Å². The van der Waals surface area contributed by atoms with Crippen molar-refractivity contribution in [2.24, 2.45) is 0 Å². The van der Waals surface area contributed by atoms with Crippen molar-refractivity contribution in [3.05, 3.63) is 114 Å². The third-order valence-corrected chi connectivity index (χ3v) is 7.99. The topological polar surface area (TPSA) is 38.7 Å². The molecule has 7 rings (SSSR count). The van der Waals surface area contributed by atoms with Crippen molar-refractivity contribution in [2.45, 2.75) is 0 Å². The summed E-state index contributed by atoms with van der Waals surface area (Å²) in [7, 11) is 0. The summed E-state index contributed by atoms with van der Waals surface area (Å²) in [5, 5.41) is 4.86. The average molecular weight is 544 g/mol. The molecule has 0 aliphatic rings. The van der Waals surface area contributed by atoms with Crippen LogP contribution in [0.4, 0.5) is 0 Å². The van der Waals surface area contributed by atoms with Crippen molar-refractivity contribution in [2.75, 3.05) is 0 Å². The van der Waals surface area contributed by atoms with Crippen LogP contribution in [0, 0.1) is 0 Å². The molecule has 0 saturated heterocycles. The van der Waals surface area contributed by atoms with Crippen molar-refractivity contribution in [1.82, 2.24) is 15.0 Å². The van der Waals surface area contributed by atoms with Gasteiger partial charge < -0.3 is 0 Å². The van der Waals surface area contributed by atoms with Crippen LogP contribution in [0.1, 0.15) is 0 Å². The van der Waals surface area contributed by atoms with Crippen molar-refractivity contribution in [1.29, 1.82) is 0 Å². The van der Waals surface area contributed by atoms with Gasteiger partial charge in [-0.15, -0.1) is 11.3 Å². The molecule has 5 heteroatoms. The number of benzene rings is 5. The van der Waals surface area contributed by atoms with Crippen LogP contribution < -0.4 is 0 Å². The normalized spacial score (nSPS) is 11.5. The van der Waals surface area contributed by atoms with Gasteiger partial charge in [0.2, 0.25) is 0 Å². The second-order valence-corrected chi connectivity index (χ2v) is 10.7. The molecule has 0 aliphatic heterocycles. The van der Waals surface area contributed by atoms with Gasteiger partial charge in [-0.25, -0.2) is 15.0 Å². The highest BCUT2D eigenvalue weighted by atomic mass is 79.9. The predicted octanol–water partition coefficient (Wildman–Crippen LogP) is 9.16. The molecule has 0 aliphatic carbocycles. The monoisotopic (exact) mass is 543 g/mol. The Kier molecular flexibility index (Phi) is 5.12. The quantitative estimate of drug-likeness (QED) is 0.223. The number of thiophene rings is 1. The van der Waals surface area contributed by atoms with Gasteiger partial charge in [-0.1, -0.05) is 94.8 Å². The minimum atomic E-state index is 0.664. The van der Waals surface area contributed by atoms with Crippen molar-refractivity contribution in [3.8, 4) is 34.2 Å². The fraction of sp³-hybridized carbons (Fsp3) is 0. The lowest BCUT2D eigenvalue weighted by atomic mass is 10.1. The molecule has 2 heterocycles. The smallest absolute Gasteiger partial charge is 0.164 e. The molecule has 0 unspecified atom stereocenters. The largest absolute Gasteiger partial charge is 0.208 e. The molecule has 0 saturated carbocycles. The molecule has 2 aromatic heterocycles. The SMILES string of the molecule is Brc1ccc2ccc(-c3nc(-c4ccccc4)nc(-c4ccc5c(c4)sc4ccccc45)n3)cc2c1. The van der Waals surface area contributed by atoms with E-state index in [2.05, 4.69) is 94.8 Å². The predicted molar refractivity (Wildman–Crippen MR) is 154 cm³/mol. The highest BCUT2D eigenvalue weighted by Crippen LogP contribution is 2.36. The van der Waals surface area contributed by atoms with E-state index < -0.39 is 0 Å². The van der Waals surface area contributed by atoms with E-state index in [1.54, 1.807) is 11.3 Å². The highest BCUT2D eigenvalue weighted by molar-refractivity contribution is 9.10. The van der Waals surface area contributed by atoms with Gasteiger partial charge in [0.25, 0.3) is 0 Å². The van der Waals surface area contributed by atoms with E-state index in [-0.39, 0.29) is 0 Å². The summed E-state index contributed by atoms with van der Waals surface area (Å²) in [6, 6.07) is 37.8. The van der Waals surface area contributed by atoms with E-state index in [4.69, 9.17) is 15.0 Å². The van der Waals surface area contributed by atoms with Crippen LogP contribution in [0.5, 0.6) is 0 Å². The van der Waals surface area contributed by atoms with Crippen molar-refractivity contribution >= 4 is 58.2 Å². The molecule has 36 heavy (non-hydrogen) atoms. The fourth-order valence-electron chi connectivity index (χ4n) is 4.57. The van der Waals surface area contributed by atoms with Gasteiger partial charge in [0.1, 0.15) is 0 Å². The summed E-state index contributed by atoms with van der Waals surface area (Å²) in [5.41, 5.74) is 2.91. The molecule has 7 aromatic rings. The Morgan fingerprint density at radius 2 is 1.11 bits per heavy atom. The molecule has 5 aromatic carbocycles. The Bertz CT molecular complexity index is 1910. The Balaban J connectivity index is 1.43. The first-order valence-electron chi connectivity index (χ1n) is 11.6. The average Bonchev–Trinajstić information content (AvgIpc) is 3.31. The number of halogens is 1. The Labute approximate surface area is 220 Å². The first-order chi connectivity index (χ1) is 17.7. The van der Waals surface area contributed by atoms with Gasteiger partial charge in [0.05, 0.1) is 0 Å². The minimum Gasteiger partial charge on any atom is -0.208 e. The zero-order valence-electron chi connectivity index (χ0n) is 19.0. The Morgan fingerprint density at radius 1 is 0.472 bits per heavy atom. The van der Waals surface area contributed by atoms with Crippen LogP contribution in [0.15, 0.2) is 114 Å². The van der Waals surface area contributed by atoms with Crippen LogP contribution in [-0.2, 0) is 0 Å². The fourth-order valence-corrected chi connectivity index (χ4v) is 6.10. The number of nitrogens with zero attached hydrogens (tertiary/aromatic N) is 3. The molecule has 0 N–H and O–H groups in total. The Hall–Kier alpha value is -3.93. The van der Waals surface area contributed by atoms with Gasteiger partial charge in [-0.05, 0) is 41.1 Å². The lowest BCUT2D eigenvalue weighted by Gasteiger charge is -2.09. The molecular weight excluding hydrogens is 526 g/mol. The van der Waals surface area contributed by atoms with E-state index in [1.807, 2.05) is 30.3 Å². The first kappa shape index (κ1) is 21.4. The lowest BCUT2D eigenvalue weighted by molar-refractivity contribution is 1.08. The van der Waals surface area contributed by atoms with Crippen molar-refractivity contribution < 1.29 is 0 Å². The zero-order chi connectivity index (χ0) is 24.1. The lowest BCUT2D eigenvalue weighted by Crippen LogP contribution is -2.00. The van der Waals surface area contributed by atoms with Crippen molar-refractivity contribution in [3.63, 3.8) is 0 Å². The molecule has 0 radical (unpaired) electrons. The van der Waals surface area contributed by atoms with E-state index in [1.165, 1.54) is 25.6 Å². The number of hydrogen-bond acceptors (Lipinski definition) is 4. The molecule has 170 valence electrons. The number of rotatable bonds is 3. The second kappa shape index (κ2) is 8.63. The molecule has 0 bridgehead atoms. The summed E-state index contributed by atoms with van der Waals surface area (Å²) in [6.07, 6.45) is 0. The molecule has 0 fully saturated rings. The van der Waals surface area contributed by atoms with Crippen LogP contribution in [0.25, 0.3) is 65.1 Å². The molecule has 3 nitrogen and oxygen atoms in total. The molecular formula is C31H18BrN3S.